The molecule has 0 aliphatic carbocycles. The molecule has 0 spiro atoms. The van der Waals surface area contributed by atoms with Crippen LogP contribution in [0.3, 0.4) is 0 Å². The minimum absolute atomic E-state index is 0.0203. The van der Waals surface area contributed by atoms with E-state index in [0.717, 1.165) is 5.76 Å². The maximum absolute atomic E-state index is 11.2. The summed E-state index contributed by atoms with van der Waals surface area (Å²) in [6.07, 6.45) is 2.28. The fourth-order valence-corrected chi connectivity index (χ4v) is 2.11. The maximum atomic E-state index is 11.2. The van der Waals surface area contributed by atoms with Crippen molar-refractivity contribution < 1.29 is 9.34 Å². The molecule has 0 bridgehead atoms. The number of nitrogens with one attached hydrogen (secondary N) is 2. The summed E-state index contributed by atoms with van der Waals surface area (Å²) in [5.41, 5.74) is 1.05. The zero-order valence-electron chi connectivity index (χ0n) is 11.4. The Balaban J connectivity index is 2.18. The lowest BCUT2D eigenvalue weighted by Crippen LogP contribution is -2.18. The average Bonchev–Trinajstić information content (AvgIpc) is 2.90. The van der Waals surface area contributed by atoms with Gasteiger partial charge in [0.05, 0.1) is 11.2 Å². The predicted molar refractivity (Wildman–Crippen MR) is 78.1 cm³/mol. The molecule has 2 N–H and O–H groups in total. The molecule has 6 heteroatoms. The van der Waals surface area contributed by atoms with Crippen molar-refractivity contribution >= 4 is 17.1 Å². The normalized spacial score (nSPS) is 11.9. The van der Waals surface area contributed by atoms with Crippen LogP contribution in [0.2, 0.25) is 0 Å². The third kappa shape index (κ3) is 3.09. The molecule has 1 unspecified atom stereocenters. The van der Waals surface area contributed by atoms with Crippen LogP contribution in [0.1, 0.15) is 12.7 Å². The van der Waals surface area contributed by atoms with E-state index in [2.05, 4.69) is 10.6 Å². The zero-order chi connectivity index (χ0) is 14.5. The minimum Gasteiger partial charge on any atom is -0.469 e. The number of hydrogen-bond acceptors (Lipinski definition) is 5. The van der Waals surface area contributed by atoms with Crippen molar-refractivity contribution in [3.8, 4) is 0 Å². The van der Waals surface area contributed by atoms with Crippen LogP contribution in [-0.4, -0.2) is 18.0 Å². The first-order valence-corrected chi connectivity index (χ1v) is 6.36. The molecule has 2 rings (SSSR count). The number of para-hydroxylation sites is 1. The number of furan rings is 1. The highest BCUT2D eigenvalue weighted by atomic mass is 16.6. The molecule has 2 aromatic rings. The molecule has 0 amide bonds. The average molecular weight is 275 g/mol. The number of hydrogen-bond donors (Lipinski definition) is 2. The molecular weight excluding hydrogens is 258 g/mol. The van der Waals surface area contributed by atoms with Crippen molar-refractivity contribution in [3.05, 3.63) is 52.5 Å². The summed E-state index contributed by atoms with van der Waals surface area (Å²) in [6.45, 7) is 1.96. The molecule has 0 radical (unpaired) electrons. The van der Waals surface area contributed by atoms with Gasteiger partial charge in [0, 0.05) is 19.5 Å². The van der Waals surface area contributed by atoms with E-state index < -0.39 is 0 Å². The monoisotopic (exact) mass is 275 g/mol. The fourth-order valence-electron chi connectivity index (χ4n) is 2.11. The Morgan fingerprint density at radius 1 is 1.30 bits per heavy atom. The second-order valence-corrected chi connectivity index (χ2v) is 4.54. The molecule has 0 fully saturated rings. The van der Waals surface area contributed by atoms with Crippen LogP contribution in [0.5, 0.6) is 0 Å². The largest absolute Gasteiger partial charge is 0.469 e. The molecule has 1 aromatic carbocycles. The highest BCUT2D eigenvalue weighted by Crippen LogP contribution is 2.33. The Hall–Kier alpha value is -2.50. The number of rotatable bonds is 6. The van der Waals surface area contributed by atoms with Crippen LogP contribution < -0.4 is 10.6 Å². The number of anilines is 2. The van der Waals surface area contributed by atoms with Crippen molar-refractivity contribution in [1.82, 2.24) is 0 Å². The van der Waals surface area contributed by atoms with Gasteiger partial charge in [-0.2, -0.15) is 0 Å². The SMILES string of the molecule is CNc1cccc(NC(C)Cc2ccco2)c1[N+](=O)[O-]. The first-order chi connectivity index (χ1) is 9.61. The molecule has 0 saturated heterocycles. The molecular formula is C14H17N3O3. The van der Waals surface area contributed by atoms with Crippen molar-refractivity contribution in [1.29, 1.82) is 0 Å². The van der Waals surface area contributed by atoms with E-state index in [1.54, 1.807) is 31.5 Å². The van der Waals surface area contributed by atoms with E-state index in [1.165, 1.54) is 0 Å². The quantitative estimate of drug-likeness (QED) is 0.624. The van der Waals surface area contributed by atoms with E-state index in [1.807, 2.05) is 19.1 Å². The Bertz CT molecular complexity index is 581. The lowest BCUT2D eigenvalue weighted by molar-refractivity contribution is -0.383. The molecule has 1 heterocycles. The summed E-state index contributed by atoms with van der Waals surface area (Å²) in [7, 11) is 1.67. The van der Waals surface area contributed by atoms with E-state index >= 15 is 0 Å². The van der Waals surface area contributed by atoms with E-state index in [-0.39, 0.29) is 16.7 Å². The Morgan fingerprint density at radius 3 is 2.65 bits per heavy atom. The second kappa shape index (κ2) is 6.10. The highest BCUT2D eigenvalue weighted by molar-refractivity contribution is 5.76. The van der Waals surface area contributed by atoms with Gasteiger partial charge in [-0.15, -0.1) is 0 Å². The summed E-state index contributed by atoms with van der Waals surface area (Å²) < 4.78 is 5.28. The van der Waals surface area contributed by atoms with Crippen LogP contribution in [0.25, 0.3) is 0 Å². The first kappa shape index (κ1) is 13.9. The van der Waals surface area contributed by atoms with Crippen molar-refractivity contribution in [2.75, 3.05) is 17.7 Å². The molecule has 6 nitrogen and oxygen atoms in total. The van der Waals surface area contributed by atoms with Gasteiger partial charge in [-0.3, -0.25) is 10.1 Å². The topological polar surface area (TPSA) is 80.3 Å². The molecule has 1 atom stereocenters. The van der Waals surface area contributed by atoms with Crippen molar-refractivity contribution in [3.63, 3.8) is 0 Å². The third-order valence-corrected chi connectivity index (χ3v) is 2.98. The standard InChI is InChI=1S/C14H17N3O3/c1-10(9-11-5-4-8-20-11)16-13-7-3-6-12(15-2)14(13)17(18)19/h3-8,10,15-16H,9H2,1-2H3. The maximum Gasteiger partial charge on any atom is 0.315 e. The molecule has 1 aromatic heterocycles. The number of benzene rings is 1. The lowest BCUT2D eigenvalue weighted by Gasteiger charge is -2.15. The van der Waals surface area contributed by atoms with Crippen LogP contribution >= 0.6 is 0 Å². The zero-order valence-corrected chi connectivity index (χ0v) is 11.4. The van der Waals surface area contributed by atoms with Crippen molar-refractivity contribution in [2.24, 2.45) is 0 Å². The van der Waals surface area contributed by atoms with Gasteiger partial charge in [-0.25, -0.2) is 0 Å². The smallest absolute Gasteiger partial charge is 0.315 e. The van der Waals surface area contributed by atoms with E-state index in [9.17, 15) is 10.1 Å². The summed E-state index contributed by atoms with van der Waals surface area (Å²) in [5.74, 6) is 0.845. The molecule has 106 valence electrons. The van der Waals surface area contributed by atoms with Crippen LogP contribution in [-0.2, 0) is 6.42 Å². The number of nitro benzene ring substituents is 1. The highest BCUT2D eigenvalue weighted by Gasteiger charge is 2.20. The number of nitrogens with zero attached hydrogens (tertiary/aromatic N) is 1. The molecule has 0 aliphatic rings. The Labute approximate surface area is 116 Å². The van der Waals surface area contributed by atoms with Crippen molar-refractivity contribution in [2.45, 2.75) is 19.4 Å². The lowest BCUT2D eigenvalue weighted by atomic mass is 10.1. The van der Waals surface area contributed by atoms with E-state index in [4.69, 9.17) is 4.42 Å². The number of nitro groups is 1. The van der Waals surface area contributed by atoms with Gasteiger partial charge in [-0.1, -0.05) is 6.07 Å². The summed E-state index contributed by atoms with van der Waals surface area (Å²) in [4.78, 5) is 10.8. The predicted octanol–water partition coefficient (Wildman–Crippen LogP) is 3.27. The van der Waals surface area contributed by atoms with Gasteiger partial charge in [0.15, 0.2) is 0 Å². The third-order valence-electron chi connectivity index (χ3n) is 2.98. The van der Waals surface area contributed by atoms with Gasteiger partial charge in [0.25, 0.3) is 0 Å². The Kier molecular flexibility index (Phi) is 4.24. The first-order valence-electron chi connectivity index (χ1n) is 6.36. The Morgan fingerprint density at radius 2 is 2.05 bits per heavy atom. The van der Waals surface area contributed by atoms with E-state index in [0.29, 0.717) is 17.8 Å². The van der Waals surface area contributed by atoms with Gasteiger partial charge in [0.1, 0.15) is 17.1 Å². The molecule has 20 heavy (non-hydrogen) atoms. The van der Waals surface area contributed by atoms with Crippen LogP contribution in [0.15, 0.2) is 41.0 Å². The van der Waals surface area contributed by atoms with Gasteiger partial charge in [0.2, 0.25) is 0 Å². The van der Waals surface area contributed by atoms with Gasteiger partial charge >= 0.3 is 5.69 Å². The summed E-state index contributed by atoms with van der Waals surface area (Å²) in [6, 6.07) is 8.90. The summed E-state index contributed by atoms with van der Waals surface area (Å²) >= 11 is 0. The fraction of sp³-hybridized carbons (Fsp3) is 0.286. The van der Waals surface area contributed by atoms with Crippen LogP contribution in [0.4, 0.5) is 17.1 Å². The van der Waals surface area contributed by atoms with Crippen LogP contribution in [0, 0.1) is 10.1 Å². The van der Waals surface area contributed by atoms with Gasteiger partial charge < -0.3 is 15.1 Å². The van der Waals surface area contributed by atoms with Gasteiger partial charge in [-0.05, 0) is 31.2 Å². The summed E-state index contributed by atoms with van der Waals surface area (Å²) in [5, 5.41) is 17.2. The second-order valence-electron chi connectivity index (χ2n) is 4.54. The molecule has 0 aliphatic heterocycles. The minimum atomic E-state index is -0.381. The molecule has 0 saturated carbocycles.